The molecule has 0 saturated carbocycles. The highest BCUT2D eigenvalue weighted by atomic mass is 32.1. The number of thiophene rings is 1. The Hall–Kier alpha value is -1.36. The van der Waals surface area contributed by atoms with E-state index >= 15 is 0 Å². The third kappa shape index (κ3) is 2.66. The van der Waals surface area contributed by atoms with E-state index < -0.39 is 11.9 Å². The first-order chi connectivity index (χ1) is 8.08. The number of hydrogen-bond acceptors (Lipinski definition) is 3. The van der Waals surface area contributed by atoms with E-state index in [0.29, 0.717) is 24.4 Å². The molecule has 2 heterocycles. The van der Waals surface area contributed by atoms with Crippen LogP contribution in [0.5, 0.6) is 0 Å². The zero-order valence-electron chi connectivity index (χ0n) is 9.63. The highest BCUT2D eigenvalue weighted by molar-refractivity contribution is 7.12. The Morgan fingerprint density at radius 1 is 1.47 bits per heavy atom. The minimum absolute atomic E-state index is 0.0437. The number of rotatable bonds is 2. The molecule has 4 nitrogen and oxygen atoms in total. The van der Waals surface area contributed by atoms with Crippen LogP contribution in [-0.2, 0) is 4.79 Å². The first-order valence-corrected chi connectivity index (χ1v) is 6.51. The average molecular weight is 253 g/mol. The number of amides is 1. The van der Waals surface area contributed by atoms with Crippen LogP contribution in [-0.4, -0.2) is 35.0 Å². The quantitative estimate of drug-likeness (QED) is 0.876. The van der Waals surface area contributed by atoms with Crippen molar-refractivity contribution in [1.29, 1.82) is 0 Å². The second-order valence-corrected chi connectivity index (χ2v) is 5.51. The van der Waals surface area contributed by atoms with Crippen LogP contribution in [0.15, 0.2) is 17.5 Å². The molecule has 2 unspecified atom stereocenters. The van der Waals surface area contributed by atoms with Gasteiger partial charge >= 0.3 is 5.97 Å². The zero-order valence-corrected chi connectivity index (χ0v) is 10.4. The lowest BCUT2D eigenvalue weighted by Crippen LogP contribution is -2.45. The molecule has 0 aliphatic carbocycles. The molecule has 92 valence electrons. The standard InChI is InChI=1S/C12H15NO3S/c1-8-5-9(12(15)16)7-13(6-8)11(14)10-3-2-4-17-10/h2-4,8-9H,5-7H2,1H3,(H,15,16). The Labute approximate surface area is 104 Å². The van der Waals surface area contributed by atoms with E-state index in [1.807, 2.05) is 18.4 Å². The fourth-order valence-corrected chi connectivity index (χ4v) is 2.94. The lowest BCUT2D eigenvalue weighted by molar-refractivity contribution is -0.143. The molecule has 17 heavy (non-hydrogen) atoms. The molecule has 0 aromatic carbocycles. The number of likely N-dealkylation sites (tertiary alicyclic amines) is 1. The molecule has 1 aromatic heterocycles. The van der Waals surface area contributed by atoms with Gasteiger partial charge in [0.15, 0.2) is 0 Å². The number of nitrogens with zero attached hydrogens (tertiary/aromatic N) is 1. The van der Waals surface area contributed by atoms with Crippen molar-refractivity contribution >= 4 is 23.2 Å². The van der Waals surface area contributed by atoms with Gasteiger partial charge in [-0.3, -0.25) is 9.59 Å². The number of hydrogen-bond donors (Lipinski definition) is 1. The lowest BCUT2D eigenvalue weighted by atomic mass is 9.90. The second kappa shape index (κ2) is 4.87. The van der Waals surface area contributed by atoms with Crippen molar-refractivity contribution in [3.8, 4) is 0 Å². The number of carbonyl (C=O) groups is 2. The van der Waals surface area contributed by atoms with E-state index in [2.05, 4.69) is 0 Å². The third-order valence-corrected chi connectivity index (χ3v) is 3.89. The van der Waals surface area contributed by atoms with E-state index in [1.165, 1.54) is 11.3 Å². The fraction of sp³-hybridized carbons (Fsp3) is 0.500. The van der Waals surface area contributed by atoms with Gasteiger partial charge in [-0.15, -0.1) is 11.3 Å². The van der Waals surface area contributed by atoms with Crippen LogP contribution >= 0.6 is 11.3 Å². The highest BCUT2D eigenvalue weighted by Gasteiger charge is 2.32. The van der Waals surface area contributed by atoms with Gasteiger partial charge in [-0.2, -0.15) is 0 Å². The van der Waals surface area contributed by atoms with Crippen LogP contribution in [0, 0.1) is 11.8 Å². The number of carbonyl (C=O) groups excluding carboxylic acids is 1. The smallest absolute Gasteiger partial charge is 0.308 e. The molecule has 5 heteroatoms. The van der Waals surface area contributed by atoms with Crippen LogP contribution in [0.3, 0.4) is 0 Å². The number of carboxylic acids is 1. The fourth-order valence-electron chi connectivity index (χ4n) is 2.25. The Balaban J connectivity index is 2.10. The number of piperidine rings is 1. The summed E-state index contributed by atoms with van der Waals surface area (Å²) in [5.74, 6) is -1.03. The normalized spacial score (nSPS) is 24.6. The summed E-state index contributed by atoms with van der Waals surface area (Å²) in [6.07, 6.45) is 0.656. The molecule has 0 bridgehead atoms. The molecular weight excluding hydrogens is 238 g/mol. The molecule has 1 aliphatic rings. The molecule has 2 atom stereocenters. The van der Waals surface area contributed by atoms with E-state index in [-0.39, 0.29) is 11.8 Å². The largest absolute Gasteiger partial charge is 0.481 e. The Morgan fingerprint density at radius 3 is 2.82 bits per heavy atom. The number of carboxylic acid groups (broad SMARTS) is 1. The second-order valence-electron chi connectivity index (χ2n) is 4.56. The van der Waals surface area contributed by atoms with Gasteiger partial charge in [-0.05, 0) is 23.8 Å². The summed E-state index contributed by atoms with van der Waals surface area (Å²) in [5.41, 5.74) is 0. The van der Waals surface area contributed by atoms with Crippen LogP contribution in [0.1, 0.15) is 23.0 Å². The van der Waals surface area contributed by atoms with E-state index in [1.54, 1.807) is 11.0 Å². The van der Waals surface area contributed by atoms with Crippen LogP contribution in [0.2, 0.25) is 0 Å². The highest BCUT2D eigenvalue weighted by Crippen LogP contribution is 2.24. The summed E-state index contributed by atoms with van der Waals surface area (Å²) in [6, 6.07) is 3.61. The van der Waals surface area contributed by atoms with Crippen molar-refractivity contribution in [3.05, 3.63) is 22.4 Å². The molecular formula is C12H15NO3S. The maximum absolute atomic E-state index is 12.1. The van der Waals surface area contributed by atoms with Gasteiger partial charge in [0, 0.05) is 13.1 Å². The van der Waals surface area contributed by atoms with Crippen molar-refractivity contribution < 1.29 is 14.7 Å². The van der Waals surface area contributed by atoms with Gasteiger partial charge in [0.25, 0.3) is 5.91 Å². The van der Waals surface area contributed by atoms with Crippen LogP contribution < -0.4 is 0 Å². The monoisotopic (exact) mass is 253 g/mol. The average Bonchev–Trinajstić information content (AvgIpc) is 2.80. The Morgan fingerprint density at radius 2 is 2.24 bits per heavy atom. The summed E-state index contributed by atoms with van der Waals surface area (Å²) in [4.78, 5) is 25.5. The van der Waals surface area contributed by atoms with E-state index in [9.17, 15) is 9.59 Å². The molecule has 1 N–H and O–H groups in total. The van der Waals surface area contributed by atoms with Crippen LogP contribution in [0.25, 0.3) is 0 Å². The van der Waals surface area contributed by atoms with E-state index in [4.69, 9.17) is 5.11 Å². The molecule has 1 aliphatic heterocycles. The lowest BCUT2D eigenvalue weighted by Gasteiger charge is -2.34. The van der Waals surface area contributed by atoms with Crippen LogP contribution in [0.4, 0.5) is 0 Å². The summed E-state index contributed by atoms with van der Waals surface area (Å²) < 4.78 is 0. The summed E-state index contributed by atoms with van der Waals surface area (Å²) >= 11 is 1.40. The summed E-state index contributed by atoms with van der Waals surface area (Å²) in [5, 5.41) is 10.9. The van der Waals surface area contributed by atoms with Gasteiger partial charge in [0.05, 0.1) is 10.8 Å². The van der Waals surface area contributed by atoms with Gasteiger partial charge in [0.2, 0.25) is 0 Å². The zero-order chi connectivity index (χ0) is 12.4. The van der Waals surface area contributed by atoms with Crippen molar-refractivity contribution in [3.63, 3.8) is 0 Å². The molecule has 1 aromatic rings. The summed E-state index contributed by atoms with van der Waals surface area (Å²) in [6.45, 7) is 2.97. The van der Waals surface area contributed by atoms with Crippen molar-refractivity contribution in [2.24, 2.45) is 11.8 Å². The molecule has 0 spiro atoms. The van der Waals surface area contributed by atoms with E-state index in [0.717, 1.165) is 0 Å². The topological polar surface area (TPSA) is 57.6 Å². The first-order valence-electron chi connectivity index (χ1n) is 5.63. The SMILES string of the molecule is CC1CC(C(=O)O)CN(C(=O)c2cccs2)C1. The minimum atomic E-state index is -0.805. The minimum Gasteiger partial charge on any atom is -0.481 e. The summed E-state index contributed by atoms with van der Waals surface area (Å²) in [7, 11) is 0. The van der Waals surface area contributed by atoms with Gasteiger partial charge in [-0.1, -0.05) is 13.0 Å². The third-order valence-electron chi connectivity index (χ3n) is 3.03. The molecule has 2 rings (SSSR count). The van der Waals surface area contributed by atoms with Gasteiger partial charge < -0.3 is 10.0 Å². The van der Waals surface area contributed by atoms with Crippen molar-refractivity contribution in [2.75, 3.05) is 13.1 Å². The molecule has 0 radical (unpaired) electrons. The first kappa shape index (κ1) is 12.1. The predicted octanol–water partition coefficient (Wildman–Crippen LogP) is 1.93. The Kier molecular flexibility index (Phi) is 3.47. The Bertz CT molecular complexity index is 415. The molecule has 1 saturated heterocycles. The predicted molar refractivity (Wildman–Crippen MR) is 65.1 cm³/mol. The van der Waals surface area contributed by atoms with Crippen molar-refractivity contribution in [2.45, 2.75) is 13.3 Å². The number of aliphatic carboxylic acids is 1. The maximum Gasteiger partial charge on any atom is 0.308 e. The van der Waals surface area contributed by atoms with Gasteiger partial charge in [0.1, 0.15) is 0 Å². The van der Waals surface area contributed by atoms with Crippen molar-refractivity contribution in [1.82, 2.24) is 4.90 Å². The maximum atomic E-state index is 12.1. The van der Waals surface area contributed by atoms with Gasteiger partial charge in [-0.25, -0.2) is 0 Å². The molecule has 1 amide bonds. The molecule has 1 fully saturated rings.